The number of anilines is 1. The first-order chi connectivity index (χ1) is 12.4. The largest absolute Gasteiger partial charge is 0.481 e. The first-order valence-electron chi connectivity index (χ1n) is 8.38. The van der Waals surface area contributed by atoms with Crippen molar-refractivity contribution in [2.75, 3.05) is 19.0 Å². The fourth-order valence-corrected chi connectivity index (χ4v) is 3.50. The number of methoxy groups -OCH3 is 1. The van der Waals surface area contributed by atoms with E-state index in [1.54, 1.807) is 12.3 Å². The third kappa shape index (κ3) is 4.64. The number of amides is 1. The lowest BCUT2D eigenvalue weighted by atomic mass is 10.2. The average molecular weight is 364 g/mol. The number of thiazole rings is 1. The molecule has 0 saturated carbocycles. The van der Waals surface area contributed by atoms with Crippen LogP contribution in [0.2, 0.25) is 0 Å². The summed E-state index contributed by atoms with van der Waals surface area (Å²) in [5.74, 6) is 0.586. The number of rotatable bonds is 6. The highest BCUT2D eigenvalue weighted by Gasteiger charge is 2.31. The molecule has 2 aromatic rings. The quantitative estimate of drug-likeness (QED) is 0.838. The summed E-state index contributed by atoms with van der Waals surface area (Å²) >= 11 is 1.44. The molecule has 0 aromatic carbocycles. The summed E-state index contributed by atoms with van der Waals surface area (Å²) < 4.78 is 19.5. The third-order valence-corrected chi connectivity index (χ3v) is 4.69. The molecule has 0 spiro atoms. The second-order valence-electron chi connectivity index (χ2n) is 5.81. The molecule has 1 aliphatic rings. The maximum Gasteiger partial charge on any atom is 0.223 e. The van der Waals surface area contributed by atoms with E-state index in [9.17, 15) is 4.79 Å². The van der Waals surface area contributed by atoms with Gasteiger partial charge in [0.15, 0.2) is 5.13 Å². The fourth-order valence-electron chi connectivity index (χ4n) is 2.62. The highest BCUT2D eigenvalue weighted by molar-refractivity contribution is 7.15. The van der Waals surface area contributed by atoms with Crippen LogP contribution >= 0.6 is 11.3 Å². The van der Waals surface area contributed by atoms with Crippen LogP contribution in [0.4, 0.5) is 5.13 Å². The molecule has 0 bridgehead atoms. The molecule has 0 unspecified atom stereocenters. The Bertz CT molecular complexity index is 789. The van der Waals surface area contributed by atoms with E-state index < -0.39 is 6.08 Å². The van der Waals surface area contributed by atoms with Gasteiger partial charge in [0.1, 0.15) is 12.4 Å². The van der Waals surface area contributed by atoms with Gasteiger partial charge < -0.3 is 14.8 Å². The van der Waals surface area contributed by atoms with E-state index in [0.717, 1.165) is 4.88 Å². The number of ether oxygens (including phenoxy) is 2. The zero-order valence-corrected chi connectivity index (χ0v) is 15.2. The van der Waals surface area contributed by atoms with Crippen molar-refractivity contribution in [3.8, 4) is 11.8 Å². The molecule has 3 heterocycles. The Kier molecular flexibility index (Phi) is 5.03. The molecule has 8 nitrogen and oxygen atoms in total. The number of hydrogen-bond donors (Lipinski definition) is 1. The van der Waals surface area contributed by atoms with Crippen molar-refractivity contribution in [1.82, 2.24) is 19.9 Å². The maximum absolute atomic E-state index is 11.1. The summed E-state index contributed by atoms with van der Waals surface area (Å²) in [7, 11) is 1.52. The molecule has 1 fully saturated rings. The van der Waals surface area contributed by atoms with Gasteiger partial charge in [0.2, 0.25) is 17.7 Å². The molecule has 9 heteroatoms. The van der Waals surface area contributed by atoms with Crippen LogP contribution in [0.15, 0.2) is 18.6 Å². The molecule has 1 N–H and O–H groups in total. The van der Waals surface area contributed by atoms with Crippen LogP contribution < -0.4 is 14.8 Å². The van der Waals surface area contributed by atoms with Crippen LogP contribution in [0.5, 0.6) is 11.8 Å². The first-order valence-corrected chi connectivity index (χ1v) is 8.70. The van der Waals surface area contributed by atoms with Crippen molar-refractivity contribution < 1.29 is 15.6 Å². The molecule has 0 aliphatic carbocycles. The van der Waals surface area contributed by atoms with Gasteiger partial charge in [-0.2, -0.15) is 0 Å². The van der Waals surface area contributed by atoms with Gasteiger partial charge in [-0.1, -0.05) is 0 Å². The summed E-state index contributed by atoms with van der Waals surface area (Å²) in [6.45, 7) is 4.61. The summed E-state index contributed by atoms with van der Waals surface area (Å²) in [6.07, 6.45) is 2.57. The predicted octanol–water partition coefficient (Wildman–Crippen LogP) is 1.94. The van der Waals surface area contributed by atoms with E-state index in [4.69, 9.17) is 10.8 Å². The van der Waals surface area contributed by atoms with Gasteiger partial charge in [0, 0.05) is 43.5 Å². The lowest BCUT2D eigenvalue weighted by Gasteiger charge is -2.19. The minimum Gasteiger partial charge on any atom is -0.481 e. The summed E-state index contributed by atoms with van der Waals surface area (Å²) in [6, 6.07) is 1.74. The van der Waals surface area contributed by atoms with E-state index >= 15 is 0 Å². The van der Waals surface area contributed by atoms with Crippen molar-refractivity contribution in [3.05, 3.63) is 23.5 Å². The van der Waals surface area contributed by atoms with Gasteiger partial charge in [0.05, 0.1) is 14.5 Å². The Labute approximate surface area is 151 Å². The van der Waals surface area contributed by atoms with Crippen molar-refractivity contribution in [2.24, 2.45) is 0 Å². The maximum atomic E-state index is 11.1. The third-order valence-electron chi connectivity index (χ3n) is 3.80. The number of carbonyl (C=O) groups is 1. The molecule has 25 heavy (non-hydrogen) atoms. The van der Waals surface area contributed by atoms with Crippen molar-refractivity contribution >= 4 is 22.4 Å². The number of carbonyl (C=O) groups excluding carboxylic acids is 1. The summed E-state index contributed by atoms with van der Waals surface area (Å²) in [5.41, 5.74) is 0. The molecule has 1 saturated heterocycles. The van der Waals surface area contributed by atoms with Crippen LogP contribution in [0.25, 0.3) is 0 Å². The highest BCUT2D eigenvalue weighted by Crippen LogP contribution is 2.27. The van der Waals surface area contributed by atoms with Gasteiger partial charge in [-0.15, -0.1) is 11.3 Å². The van der Waals surface area contributed by atoms with Crippen LogP contribution in [0.3, 0.4) is 0 Å². The van der Waals surface area contributed by atoms with Crippen molar-refractivity contribution in [1.29, 1.82) is 0 Å². The first kappa shape index (κ1) is 16.2. The molecule has 0 radical (unpaired) electrons. The number of aromatic nitrogens is 3. The molecular formula is C16H21N5O3S. The molecule has 2 aromatic heterocycles. The lowest BCUT2D eigenvalue weighted by molar-refractivity contribution is -0.114. The van der Waals surface area contributed by atoms with E-state index in [1.807, 2.05) is 0 Å². The molecule has 2 atom stereocenters. The smallest absolute Gasteiger partial charge is 0.223 e. The Hall–Kier alpha value is -2.26. The fraction of sp³-hybridized carbons (Fsp3) is 0.500. The Morgan fingerprint density at radius 3 is 3.04 bits per heavy atom. The molecular weight excluding hydrogens is 342 g/mol. The zero-order valence-electron chi connectivity index (χ0n) is 15.4. The summed E-state index contributed by atoms with van der Waals surface area (Å²) in [4.78, 5) is 26.5. The number of nitrogens with zero attached hydrogens (tertiary/aromatic N) is 4. The molecule has 3 rings (SSSR count). The van der Waals surface area contributed by atoms with E-state index in [-0.39, 0.29) is 11.9 Å². The van der Waals surface area contributed by atoms with Crippen molar-refractivity contribution in [2.45, 2.75) is 38.9 Å². The zero-order chi connectivity index (χ0) is 18.7. The molecule has 1 aliphatic heterocycles. The van der Waals surface area contributed by atoms with E-state index in [1.165, 1.54) is 31.7 Å². The van der Waals surface area contributed by atoms with Crippen LogP contribution in [-0.4, -0.2) is 51.5 Å². The minimum atomic E-state index is -1.09. The van der Waals surface area contributed by atoms with Gasteiger partial charge >= 0.3 is 0 Å². The lowest BCUT2D eigenvalue weighted by Crippen LogP contribution is -2.27. The summed E-state index contributed by atoms with van der Waals surface area (Å²) in [5, 5.41) is 3.27. The van der Waals surface area contributed by atoms with E-state index in [2.05, 4.69) is 32.1 Å². The molecule has 134 valence electrons. The van der Waals surface area contributed by atoms with Gasteiger partial charge in [-0.25, -0.2) is 15.0 Å². The Morgan fingerprint density at radius 2 is 2.28 bits per heavy atom. The second-order valence-corrected chi connectivity index (χ2v) is 6.93. The van der Waals surface area contributed by atoms with Crippen LogP contribution in [0, 0.1) is 0 Å². The monoisotopic (exact) mass is 364 g/mol. The molecule has 1 amide bonds. The Morgan fingerprint density at radius 1 is 1.48 bits per heavy atom. The Balaban J connectivity index is 1.64. The number of nitrogens with one attached hydrogen (secondary N) is 1. The predicted molar refractivity (Wildman–Crippen MR) is 93.9 cm³/mol. The van der Waals surface area contributed by atoms with Gasteiger partial charge in [0.25, 0.3) is 0 Å². The van der Waals surface area contributed by atoms with Crippen LogP contribution in [0.1, 0.15) is 26.5 Å². The SMILES string of the molecule is [2H][C@]1(Oc2cc(OC)ncn2)C[C@H](C)N(Cc2cnc(NC(C)=O)s2)C1. The normalized spacial score (nSPS) is 24.0. The number of likely N-dealkylation sites (tertiary alicyclic amines) is 1. The standard InChI is InChI=1S/C16H21N5O3S/c1-10-4-12(24-15-5-14(23-3)18-9-19-15)7-21(10)8-13-6-17-16(25-13)20-11(2)22/h5-6,9-10,12H,4,7-8H2,1-3H3,(H,17,20,22)/t10-,12-/m0/s1/i12D. The van der Waals surface area contributed by atoms with Gasteiger partial charge in [-0.3, -0.25) is 9.69 Å². The van der Waals surface area contributed by atoms with Gasteiger partial charge in [-0.05, 0) is 6.92 Å². The van der Waals surface area contributed by atoms with E-state index in [0.29, 0.717) is 36.4 Å². The average Bonchev–Trinajstić information content (AvgIpc) is 3.11. The highest BCUT2D eigenvalue weighted by atomic mass is 32.1. The second kappa shape index (κ2) is 7.75. The van der Waals surface area contributed by atoms with Crippen molar-refractivity contribution in [3.63, 3.8) is 0 Å². The minimum absolute atomic E-state index is 0.140. The van der Waals surface area contributed by atoms with Crippen LogP contribution in [-0.2, 0) is 11.3 Å². The number of hydrogen-bond acceptors (Lipinski definition) is 8. The topological polar surface area (TPSA) is 89.5 Å².